The van der Waals surface area contributed by atoms with E-state index in [0.717, 1.165) is 18.4 Å². The summed E-state index contributed by atoms with van der Waals surface area (Å²) >= 11 is 1.27. The van der Waals surface area contributed by atoms with Crippen LogP contribution in [0.25, 0.3) is 0 Å². The van der Waals surface area contributed by atoms with Crippen molar-refractivity contribution in [1.82, 2.24) is 15.5 Å². The Balaban J connectivity index is 1.81. The van der Waals surface area contributed by atoms with E-state index in [1.54, 1.807) is 0 Å². The van der Waals surface area contributed by atoms with Gasteiger partial charge in [-0.15, -0.1) is 10.2 Å². The number of carbonyl (C=O) groups excluding carboxylic acids is 1. The lowest BCUT2D eigenvalue weighted by molar-refractivity contribution is -0.119. The van der Waals surface area contributed by atoms with Crippen molar-refractivity contribution in [2.24, 2.45) is 0 Å². The lowest BCUT2D eigenvalue weighted by Crippen LogP contribution is -2.34. The first kappa shape index (κ1) is 16.5. The zero-order valence-corrected chi connectivity index (χ0v) is 13.7. The van der Waals surface area contributed by atoms with Gasteiger partial charge in [-0.3, -0.25) is 4.79 Å². The molecule has 22 heavy (non-hydrogen) atoms. The predicted octanol–water partition coefficient (Wildman–Crippen LogP) is 3.06. The molecule has 0 fully saturated rings. The van der Waals surface area contributed by atoms with Crippen LogP contribution in [0.4, 0.5) is 0 Å². The zero-order valence-electron chi connectivity index (χ0n) is 12.9. The molecular formula is C16H21N3O2S. The minimum absolute atomic E-state index is 0.00140. The first-order valence-electron chi connectivity index (χ1n) is 7.49. The third-order valence-corrected chi connectivity index (χ3v) is 4.14. The fourth-order valence-electron chi connectivity index (χ4n) is 2.03. The van der Waals surface area contributed by atoms with Crippen molar-refractivity contribution in [2.75, 3.05) is 5.75 Å². The van der Waals surface area contributed by atoms with Crippen LogP contribution in [0.15, 0.2) is 40.0 Å². The highest BCUT2D eigenvalue weighted by atomic mass is 32.2. The molecular weight excluding hydrogens is 298 g/mol. The second kappa shape index (κ2) is 8.58. The summed E-state index contributed by atoms with van der Waals surface area (Å²) in [5.41, 5.74) is 1.12. The highest BCUT2D eigenvalue weighted by Gasteiger charge is 2.12. The number of aromatic nitrogens is 2. The number of nitrogens with zero attached hydrogens (tertiary/aromatic N) is 2. The number of hydrogen-bond acceptors (Lipinski definition) is 5. The molecule has 6 heteroatoms. The Bertz CT molecular complexity index is 582. The van der Waals surface area contributed by atoms with E-state index in [4.69, 9.17) is 4.42 Å². The molecule has 1 N–H and O–H groups in total. The van der Waals surface area contributed by atoms with Crippen molar-refractivity contribution in [3.05, 3.63) is 41.8 Å². The topological polar surface area (TPSA) is 68.0 Å². The number of hydrogen-bond donors (Lipinski definition) is 1. The van der Waals surface area contributed by atoms with Crippen LogP contribution in [0, 0.1) is 0 Å². The maximum Gasteiger partial charge on any atom is 0.277 e. The van der Waals surface area contributed by atoms with Gasteiger partial charge in [0.25, 0.3) is 5.22 Å². The van der Waals surface area contributed by atoms with Gasteiger partial charge in [0.15, 0.2) is 0 Å². The normalized spacial score (nSPS) is 10.9. The van der Waals surface area contributed by atoms with E-state index in [2.05, 4.69) is 29.4 Å². The Labute approximate surface area is 134 Å². The van der Waals surface area contributed by atoms with Crippen LogP contribution in [-0.2, 0) is 11.2 Å². The Kier molecular flexibility index (Phi) is 6.45. The molecule has 2 aromatic rings. The van der Waals surface area contributed by atoms with Crippen LogP contribution in [0.3, 0.4) is 0 Å². The van der Waals surface area contributed by atoms with Crippen molar-refractivity contribution in [1.29, 1.82) is 0 Å². The molecule has 0 aliphatic heterocycles. The second-order valence-electron chi connectivity index (χ2n) is 4.99. The molecule has 118 valence electrons. The van der Waals surface area contributed by atoms with Gasteiger partial charge in [0.05, 0.1) is 12.2 Å². The standard InChI is InChI=1S/C16H21N3O2S/c1-3-13(4-2)17-14(20)11-22-16-19-18-15(21-16)10-12-8-6-5-7-9-12/h5-9,13H,3-4,10-11H2,1-2H3,(H,17,20). The number of carbonyl (C=O) groups is 1. The summed E-state index contributed by atoms with van der Waals surface area (Å²) in [7, 11) is 0. The van der Waals surface area contributed by atoms with E-state index in [1.165, 1.54) is 11.8 Å². The van der Waals surface area contributed by atoms with E-state index in [-0.39, 0.29) is 11.9 Å². The van der Waals surface area contributed by atoms with E-state index in [0.29, 0.717) is 23.3 Å². The largest absolute Gasteiger partial charge is 0.416 e. The highest BCUT2D eigenvalue weighted by Crippen LogP contribution is 2.17. The Morgan fingerprint density at radius 2 is 1.95 bits per heavy atom. The molecule has 5 nitrogen and oxygen atoms in total. The average Bonchev–Trinajstić information content (AvgIpc) is 2.99. The predicted molar refractivity (Wildman–Crippen MR) is 86.8 cm³/mol. The third-order valence-electron chi connectivity index (χ3n) is 3.32. The minimum Gasteiger partial charge on any atom is -0.416 e. The number of benzene rings is 1. The molecule has 2 rings (SSSR count). The fourth-order valence-corrected chi connectivity index (χ4v) is 2.62. The van der Waals surface area contributed by atoms with E-state index < -0.39 is 0 Å². The molecule has 0 unspecified atom stereocenters. The van der Waals surface area contributed by atoms with E-state index in [9.17, 15) is 4.79 Å². The van der Waals surface area contributed by atoms with Crippen molar-refractivity contribution < 1.29 is 9.21 Å². The van der Waals surface area contributed by atoms with Gasteiger partial charge in [-0.1, -0.05) is 55.9 Å². The van der Waals surface area contributed by atoms with Gasteiger partial charge >= 0.3 is 0 Å². The van der Waals surface area contributed by atoms with E-state index >= 15 is 0 Å². The van der Waals surface area contributed by atoms with Gasteiger partial charge in [0.1, 0.15) is 0 Å². The summed E-state index contributed by atoms with van der Waals surface area (Å²) in [5.74, 6) is 0.860. The summed E-state index contributed by atoms with van der Waals surface area (Å²) < 4.78 is 5.56. The van der Waals surface area contributed by atoms with Gasteiger partial charge < -0.3 is 9.73 Å². The fraction of sp³-hybridized carbons (Fsp3) is 0.438. The number of amides is 1. The molecule has 0 aliphatic rings. The van der Waals surface area contributed by atoms with Crippen LogP contribution in [0.5, 0.6) is 0 Å². The smallest absolute Gasteiger partial charge is 0.277 e. The summed E-state index contributed by atoms with van der Waals surface area (Å²) in [6.07, 6.45) is 2.48. The second-order valence-corrected chi connectivity index (χ2v) is 5.92. The average molecular weight is 319 g/mol. The quantitative estimate of drug-likeness (QED) is 0.757. The molecule has 0 saturated heterocycles. The Morgan fingerprint density at radius 3 is 2.64 bits per heavy atom. The zero-order chi connectivity index (χ0) is 15.8. The maximum absolute atomic E-state index is 11.8. The minimum atomic E-state index is 0.00140. The maximum atomic E-state index is 11.8. The van der Waals surface area contributed by atoms with Crippen molar-refractivity contribution in [3.8, 4) is 0 Å². The van der Waals surface area contributed by atoms with Crippen LogP contribution in [0.1, 0.15) is 38.1 Å². The Hall–Kier alpha value is -1.82. The van der Waals surface area contributed by atoms with Gasteiger partial charge in [-0.05, 0) is 18.4 Å². The summed E-state index contributed by atoms with van der Waals surface area (Å²) in [6, 6.07) is 10.2. The number of rotatable bonds is 8. The van der Waals surface area contributed by atoms with Crippen molar-refractivity contribution >= 4 is 17.7 Å². The van der Waals surface area contributed by atoms with E-state index in [1.807, 2.05) is 30.3 Å². The lowest BCUT2D eigenvalue weighted by atomic mass is 10.2. The van der Waals surface area contributed by atoms with Crippen LogP contribution in [0.2, 0.25) is 0 Å². The molecule has 0 atom stereocenters. The van der Waals surface area contributed by atoms with Gasteiger partial charge in [0.2, 0.25) is 11.8 Å². The first-order valence-corrected chi connectivity index (χ1v) is 8.48. The van der Waals surface area contributed by atoms with Crippen LogP contribution >= 0.6 is 11.8 Å². The van der Waals surface area contributed by atoms with Gasteiger partial charge in [-0.25, -0.2) is 0 Å². The van der Waals surface area contributed by atoms with Crippen LogP contribution < -0.4 is 5.32 Å². The molecule has 0 saturated carbocycles. The third kappa shape index (κ3) is 5.18. The first-order chi connectivity index (χ1) is 10.7. The summed E-state index contributed by atoms with van der Waals surface area (Å²) in [5, 5.41) is 11.4. The SMILES string of the molecule is CCC(CC)NC(=O)CSc1nnc(Cc2ccccc2)o1. The Morgan fingerprint density at radius 1 is 1.23 bits per heavy atom. The molecule has 0 radical (unpaired) electrons. The van der Waals surface area contributed by atoms with Crippen LogP contribution in [-0.4, -0.2) is 27.9 Å². The molecule has 1 heterocycles. The molecule has 1 aromatic carbocycles. The number of nitrogens with one attached hydrogen (secondary N) is 1. The van der Waals surface area contributed by atoms with Gasteiger partial charge in [0, 0.05) is 6.04 Å². The molecule has 0 spiro atoms. The molecule has 0 bridgehead atoms. The summed E-state index contributed by atoms with van der Waals surface area (Å²) in [4.78, 5) is 11.8. The molecule has 1 aromatic heterocycles. The van der Waals surface area contributed by atoms with Crippen molar-refractivity contribution in [2.45, 2.75) is 44.4 Å². The highest BCUT2D eigenvalue weighted by molar-refractivity contribution is 7.99. The van der Waals surface area contributed by atoms with Crippen molar-refractivity contribution in [3.63, 3.8) is 0 Å². The molecule has 1 amide bonds. The summed E-state index contributed by atoms with van der Waals surface area (Å²) in [6.45, 7) is 4.13. The van der Waals surface area contributed by atoms with Gasteiger partial charge in [-0.2, -0.15) is 0 Å². The molecule has 0 aliphatic carbocycles. The lowest BCUT2D eigenvalue weighted by Gasteiger charge is -2.13. The number of thioether (sulfide) groups is 1. The monoisotopic (exact) mass is 319 g/mol.